The zero-order chi connectivity index (χ0) is 18.1. The molecule has 1 aliphatic rings. The highest BCUT2D eigenvalue weighted by atomic mass is 19.1. The van der Waals surface area contributed by atoms with Gasteiger partial charge in [-0.1, -0.05) is 0 Å². The molecular formula is C18H21F2N3O2. The van der Waals surface area contributed by atoms with E-state index in [4.69, 9.17) is 0 Å². The van der Waals surface area contributed by atoms with Crippen LogP contribution in [-0.4, -0.2) is 38.6 Å². The van der Waals surface area contributed by atoms with Crippen molar-refractivity contribution in [2.24, 2.45) is 13.0 Å². The summed E-state index contributed by atoms with van der Waals surface area (Å²) in [6.45, 7) is 2.19. The number of aromatic nitrogens is 2. The molecule has 2 aromatic rings. The predicted octanol–water partition coefficient (Wildman–Crippen LogP) is 2.59. The van der Waals surface area contributed by atoms with Gasteiger partial charge in [0.25, 0.3) is 5.91 Å². The van der Waals surface area contributed by atoms with Crippen LogP contribution in [0.25, 0.3) is 0 Å². The number of imidazole rings is 1. The summed E-state index contributed by atoms with van der Waals surface area (Å²) in [5.41, 5.74) is -0.106. The molecule has 1 aromatic heterocycles. The number of hydrogen-bond acceptors (Lipinski definition) is 3. The Morgan fingerprint density at radius 3 is 2.80 bits per heavy atom. The van der Waals surface area contributed by atoms with Gasteiger partial charge in [0.15, 0.2) is 0 Å². The summed E-state index contributed by atoms with van der Waals surface area (Å²) >= 11 is 0. The summed E-state index contributed by atoms with van der Waals surface area (Å²) in [4.78, 5) is 18.3. The zero-order valence-corrected chi connectivity index (χ0v) is 14.2. The van der Waals surface area contributed by atoms with Gasteiger partial charge in [0, 0.05) is 38.4 Å². The Kier molecular flexibility index (Phi) is 4.85. The average molecular weight is 349 g/mol. The molecule has 1 aliphatic heterocycles. The number of likely N-dealkylation sites (tertiary alicyclic amines) is 1. The van der Waals surface area contributed by atoms with Gasteiger partial charge in [-0.25, -0.2) is 13.8 Å². The highest BCUT2D eigenvalue weighted by molar-refractivity contribution is 5.94. The first kappa shape index (κ1) is 17.5. The standard InChI is InChI=1S/C18H21F2N3O2/c1-11-8-15(20)13(9-14(11)19)18(25)23-6-3-4-12(10-23)16(24)17-21-5-7-22(17)2/h5,7-9,12,16,24H,3-4,6,10H2,1-2H3. The van der Waals surface area contributed by atoms with Crippen LogP contribution >= 0.6 is 0 Å². The number of nitrogens with zero attached hydrogens (tertiary/aromatic N) is 3. The van der Waals surface area contributed by atoms with Crippen LogP contribution in [0.4, 0.5) is 8.78 Å². The monoisotopic (exact) mass is 349 g/mol. The molecule has 0 saturated carbocycles. The first-order valence-electron chi connectivity index (χ1n) is 8.28. The van der Waals surface area contributed by atoms with Crippen LogP contribution in [0.5, 0.6) is 0 Å². The van der Waals surface area contributed by atoms with Crippen molar-refractivity contribution >= 4 is 5.91 Å². The molecule has 7 heteroatoms. The number of amides is 1. The van der Waals surface area contributed by atoms with Crippen LogP contribution < -0.4 is 0 Å². The zero-order valence-electron chi connectivity index (χ0n) is 14.2. The number of aliphatic hydroxyl groups excluding tert-OH is 1. The van der Waals surface area contributed by atoms with E-state index in [0.717, 1.165) is 18.6 Å². The molecule has 1 fully saturated rings. The van der Waals surface area contributed by atoms with Crippen molar-refractivity contribution < 1.29 is 18.7 Å². The fraction of sp³-hybridized carbons (Fsp3) is 0.444. The van der Waals surface area contributed by atoms with Crippen molar-refractivity contribution in [2.75, 3.05) is 13.1 Å². The van der Waals surface area contributed by atoms with Gasteiger partial charge in [0.1, 0.15) is 23.6 Å². The molecule has 0 aliphatic carbocycles. The first-order chi connectivity index (χ1) is 11.9. The van der Waals surface area contributed by atoms with E-state index < -0.39 is 23.6 Å². The number of aryl methyl sites for hydroxylation is 2. The Bertz CT molecular complexity index is 791. The Morgan fingerprint density at radius 1 is 1.36 bits per heavy atom. The minimum Gasteiger partial charge on any atom is -0.385 e. The maximum absolute atomic E-state index is 14.1. The Labute approximate surface area is 144 Å². The lowest BCUT2D eigenvalue weighted by Gasteiger charge is -2.35. The van der Waals surface area contributed by atoms with Gasteiger partial charge in [-0.2, -0.15) is 0 Å². The highest BCUT2D eigenvalue weighted by Gasteiger charge is 2.32. The van der Waals surface area contributed by atoms with Crippen molar-refractivity contribution in [1.29, 1.82) is 0 Å². The summed E-state index contributed by atoms with van der Waals surface area (Å²) in [5, 5.41) is 10.6. The second-order valence-electron chi connectivity index (χ2n) is 6.58. The molecule has 0 spiro atoms. The lowest BCUT2D eigenvalue weighted by Crippen LogP contribution is -2.42. The maximum atomic E-state index is 14.1. The van der Waals surface area contributed by atoms with Gasteiger partial charge in [-0.3, -0.25) is 4.79 Å². The van der Waals surface area contributed by atoms with Crippen LogP contribution in [0, 0.1) is 24.5 Å². The lowest BCUT2D eigenvalue weighted by molar-refractivity contribution is 0.0355. The predicted molar refractivity (Wildman–Crippen MR) is 87.9 cm³/mol. The normalized spacial score (nSPS) is 19.1. The quantitative estimate of drug-likeness (QED) is 0.927. The van der Waals surface area contributed by atoms with Gasteiger partial charge in [0.05, 0.1) is 5.56 Å². The summed E-state index contributed by atoms with van der Waals surface area (Å²) in [6.07, 6.45) is 3.97. The van der Waals surface area contributed by atoms with Gasteiger partial charge < -0.3 is 14.6 Å². The van der Waals surface area contributed by atoms with E-state index in [1.54, 1.807) is 24.0 Å². The highest BCUT2D eigenvalue weighted by Crippen LogP contribution is 2.30. The summed E-state index contributed by atoms with van der Waals surface area (Å²) < 4.78 is 29.6. The molecular weight excluding hydrogens is 328 g/mol. The van der Waals surface area contributed by atoms with Gasteiger partial charge in [0.2, 0.25) is 0 Å². The topological polar surface area (TPSA) is 58.4 Å². The van der Waals surface area contributed by atoms with Crippen molar-refractivity contribution in [3.05, 3.63) is 53.1 Å². The van der Waals surface area contributed by atoms with E-state index in [2.05, 4.69) is 4.98 Å². The number of hydrogen-bond donors (Lipinski definition) is 1. The minimum absolute atomic E-state index is 0.163. The van der Waals surface area contributed by atoms with Gasteiger partial charge in [-0.05, 0) is 37.5 Å². The van der Waals surface area contributed by atoms with Crippen LogP contribution in [0.1, 0.15) is 40.7 Å². The fourth-order valence-electron chi connectivity index (χ4n) is 3.31. The first-order valence-corrected chi connectivity index (χ1v) is 8.28. The molecule has 2 unspecified atom stereocenters. The van der Waals surface area contributed by atoms with Crippen LogP contribution in [0.15, 0.2) is 24.5 Å². The van der Waals surface area contributed by atoms with Crippen molar-refractivity contribution in [3.63, 3.8) is 0 Å². The molecule has 0 radical (unpaired) electrons. The molecule has 2 heterocycles. The van der Waals surface area contributed by atoms with Gasteiger partial charge >= 0.3 is 0 Å². The summed E-state index contributed by atoms with van der Waals surface area (Å²) in [5.74, 6) is -1.54. The number of halogens is 2. The maximum Gasteiger partial charge on any atom is 0.256 e. The second kappa shape index (κ2) is 6.92. The van der Waals surface area contributed by atoms with Crippen molar-refractivity contribution in [2.45, 2.75) is 25.9 Å². The second-order valence-corrected chi connectivity index (χ2v) is 6.58. The van der Waals surface area contributed by atoms with Crippen molar-refractivity contribution in [3.8, 4) is 0 Å². The fourth-order valence-corrected chi connectivity index (χ4v) is 3.31. The average Bonchev–Trinajstić information content (AvgIpc) is 3.03. The van der Waals surface area contributed by atoms with Crippen LogP contribution in [0.3, 0.4) is 0 Å². The number of carbonyl (C=O) groups excluding carboxylic acids is 1. The number of piperidine rings is 1. The van der Waals surface area contributed by atoms with Gasteiger partial charge in [-0.15, -0.1) is 0 Å². The van der Waals surface area contributed by atoms with E-state index >= 15 is 0 Å². The number of rotatable bonds is 3. The third kappa shape index (κ3) is 3.42. The van der Waals surface area contributed by atoms with E-state index in [1.165, 1.54) is 11.8 Å². The molecule has 2 atom stereocenters. The largest absolute Gasteiger partial charge is 0.385 e. The number of aliphatic hydroxyl groups is 1. The van der Waals surface area contributed by atoms with Crippen LogP contribution in [-0.2, 0) is 7.05 Å². The Morgan fingerprint density at radius 2 is 2.12 bits per heavy atom. The third-order valence-electron chi connectivity index (χ3n) is 4.79. The summed E-state index contributed by atoms with van der Waals surface area (Å²) in [7, 11) is 1.79. The lowest BCUT2D eigenvalue weighted by atomic mass is 9.91. The van der Waals surface area contributed by atoms with E-state index in [-0.39, 0.29) is 23.6 Å². The molecule has 0 bridgehead atoms. The Balaban J connectivity index is 1.78. The minimum atomic E-state index is -0.810. The number of benzene rings is 1. The smallest absolute Gasteiger partial charge is 0.256 e. The molecule has 3 rings (SSSR count). The molecule has 1 aromatic carbocycles. The SMILES string of the molecule is Cc1cc(F)c(C(=O)N2CCCC(C(O)c3nccn3C)C2)cc1F. The van der Waals surface area contributed by atoms with E-state index in [0.29, 0.717) is 18.8 Å². The van der Waals surface area contributed by atoms with Crippen molar-refractivity contribution in [1.82, 2.24) is 14.5 Å². The number of carbonyl (C=O) groups is 1. The summed E-state index contributed by atoms with van der Waals surface area (Å²) in [6, 6.07) is 1.98. The Hall–Kier alpha value is -2.28. The van der Waals surface area contributed by atoms with Crippen LogP contribution in [0.2, 0.25) is 0 Å². The molecule has 1 amide bonds. The molecule has 5 nitrogen and oxygen atoms in total. The molecule has 134 valence electrons. The molecule has 1 saturated heterocycles. The third-order valence-corrected chi connectivity index (χ3v) is 4.79. The molecule has 25 heavy (non-hydrogen) atoms. The molecule has 1 N–H and O–H groups in total. The van der Waals surface area contributed by atoms with E-state index in [9.17, 15) is 18.7 Å². The van der Waals surface area contributed by atoms with E-state index in [1.807, 2.05) is 0 Å².